The Labute approximate surface area is 50.8 Å². The van der Waals surface area contributed by atoms with Crippen LogP contribution in [0.1, 0.15) is 13.3 Å². The number of hydrogen-bond donors (Lipinski definition) is 1. The molecule has 1 atom stereocenters. The summed E-state index contributed by atoms with van der Waals surface area (Å²) in [5.41, 5.74) is 1.35. The maximum Gasteiger partial charge on any atom is 0.0162 e. The molecule has 0 saturated carbocycles. The molecule has 1 nitrogen and oxygen atoms in total. The molecule has 0 radical (unpaired) electrons. The Kier molecular flexibility index (Phi) is 1.69. The molecule has 1 heteroatoms. The quantitative estimate of drug-likeness (QED) is 0.463. The minimum Gasteiger partial charge on any atom is -0.313 e. The summed E-state index contributed by atoms with van der Waals surface area (Å²) in [6.45, 7) is 8.35. The Morgan fingerprint density at radius 2 is 2.50 bits per heavy atom. The van der Waals surface area contributed by atoms with Gasteiger partial charge in [0, 0.05) is 6.54 Å². The lowest BCUT2D eigenvalue weighted by atomic mass is 9.99. The molecule has 0 bridgehead atoms. The summed E-state index contributed by atoms with van der Waals surface area (Å²) >= 11 is 0. The summed E-state index contributed by atoms with van der Waals surface area (Å²) < 4.78 is 0. The molecular formula is C7H13N. The Morgan fingerprint density at radius 3 is 2.88 bits per heavy atom. The number of piperidine rings is 1. The maximum atomic E-state index is 3.90. The van der Waals surface area contributed by atoms with Crippen molar-refractivity contribution in [1.82, 2.24) is 5.32 Å². The van der Waals surface area contributed by atoms with Gasteiger partial charge in [0.2, 0.25) is 0 Å². The predicted octanol–water partition coefficient (Wildman–Crippen LogP) is 1.17. The standard InChI is InChI=1S/C7H13N/c1-6-3-7(2)5-8-4-6/h7-8H,1,3-5H2,2H3/t7-/m1/s1. The molecule has 1 aliphatic heterocycles. The Hall–Kier alpha value is -0.300. The van der Waals surface area contributed by atoms with E-state index in [9.17, 15) is 0 Å². The third-order valence-corrected chi connectivity index (χ3v) is 1.50. The first-order valence-electron chi connectivity index (χ1n) is 3.16. The average Bonchev–Trinajstić information content (AvgIpc) is 1.64. The fourth-order valence-electron chi connectivity index (χ4n) is 1.13. The van der Waals surface area contributed by atoms with Gasteiger partial charge in [-0.05, 0) is 18.9 Å². The van der Waals surface area contributed by atoms with E-state index in [2.05, 4.69) is 18.8 Å². The molecule has 1 saturated heterocycles. The summed E-state index contributed by atoms with van der Waals surface area (Å²) in [6.07, 6.45) is 1.22. The van der Waals surface area contributed by atoms with Gasteiger partial charge in [-0.3, -0.25) is 0 Å². The highest BCUT2D eigenvalue weighted by molar-refractivity contribution is 5.01. The van der Waals surface area contributed by atoms with Crippen LogP contribution in [0, 0.1) is 5.92 Å². The van der Waals surface area contributed by atoms with Crippen LogP contribution in [0.3, 0.4) is 0 Å². The Balaban J connectivity index is 2.34. The molecule has 0 aliphatic carbocycles. The number of nitrogens with one attached hydrogen (secondary N) is 1. The van der Waals surface area contributed by atoms with E-state index >= 15 is 0 Å². The maximum absolute atomic E-state index is 3.90. The smallest absolute Gasteiger partial charge is 0.0162 e. The van der Waals surface area contributed by atoms with E-state index in [0.717, 1.165) is 12.5 Å². The molecule has 1 fully saturated rings. The molecular weight excluding hydrogens is 98.1 g/mol. The van der Waals surface area contributed by atoms with Gasteiger partial charge in [-0.2, -0.15) is 0 Å². The van der Waals surface area contributed by atoms with Crippen LogP contribution in [0.15, 0.2) is 12.2 Å². The van der Waals surface area contributed by atoms with Crippen molar-refractivity contribution in [2.75, 3.05) is 13.1 Å². The fourth-order valence-corrected chi connectivity index (χ4v) is 1.13. The molecule has 1 heterocycles. The monoisotopic (exact) mass is 111 g/mol. The highest BCUT2D eigenvalue weighted by Crippen LogP contribution is 2.11. The van der Waals surface area contributed by atoms with E-state index in [-0.39, 0.29) is 0 Å². The first-order chi connectivity index (χ1) is 3.79. The number of hydrogen-bond acceptors (Lipinski definition) is 1. The molecule has 0 spiro atoms. The van der Waals surface area contributed by atoms with E-state index in [4.69, 9.17) is 0 Å². The van der Waals surface area contributed by atoms with Crippen LogP contribution >= 0.6 is 0 Å². The third kappa shape index (κ3) is 1.34. The minimum absolute atomic E-state index is 0.802. The summed E-state index contributed by atoms with van der Waals surface area (Å²) in [5, 5.41) is 3.28. The minimum atomic E-state index is 0.802. The van der Waals surface area contributed by atoms with Crippen LogP contribution in [0.4, 0.5) is 0 Å². The largest absolute Gasteiger partial charge is 0.313 e. The molecule has 0 unspecified atom stereocenters. The van der Waals surface area contributed by atoms with Crippen LogP contribution in [-0.4, -0.2) is 13.1 Å². The van der Waals surface area contributed by atoms with Crippen molar-refractivity contribution < 1.29 is 0 Å². The van der Waals surface area contributed by atoms with Gasteiger partial charge in [-0.15, -0.1) is 0 Å². The van der Waals surface area contributed by atoms with Gasteiger partial charge in [0.05, 0.1) is 0 Å². The van der Waals surface area contributed by atoms with Crippen LogP contribution < -0.4 is 5.32 Å². The van der Waals surface area contributed by atoms with Crippen molar-refractivity contribution in [3.63, 3.8) is 0 Å². The zero-order valence-electron chi connectivity index (χ0n) is 5.41. The van der Waals surface area contributed by atoms with E-state index in [1.807, 2.05) is 0 Å². The first kappa shape index (κ1) is 5.83. The van der Waals surface area contributed by atoms with Gasteiger partial charge < -0.3 is 5.32 Å². The topological polar surface area (TPSA) is 12.0 Å². The lowest BCUT2D eigenvalue weighted by molar-refractivity contribution is 0.472. The van der Waals surface area contributed by atoms with Gasteiger partial charge in [-0.25, -0.2) is 0 Å². The molecule has 46 valence electrons. The van der Waals surface area contributed by atoms with Crippen LogP contribution in [0.25, 0.3) is 0 Å². The first-order valence-corrected chi connectivity index (χ1v) is 3.16. The summed E-state index contributed by atoms with van der Waals surface area (Å²) in [6, 6.07) is 0. The molecule has 1 aliphatic rings. The molecule has 0 aromatic carbocycles. The second-order valence-electron chi connectivity index (χ2n) is 2.69. The predicted molar refractivity (Wildman–Crippen MR) is 35.8 cm³/mol. The van der Waals surface area contributed by atoms with Crippen molar-refractivity contribution in [3.05, 3.63) is 12.2 Å². The summed E-state index contributed by atoms with van der Waals surface area (Å²) in [5.74, 6) is 0.802. The molecule has 1 N–H and O–H groups in total. The fraction of sp³-hybridized carbons (Fsp3) is 0.714. The number of rotatable bonds is 0. The van der Waals surface area contributed by atoms with Crippen molar-refractivity contribution in [3.8, 4) is 0 Å². The lowest BCUT2D eigenvalue weighted by Crippen LogP contribution is -2.29. The van der Waals surface area contributed by atoms with Gasteiger partial charge >= 0.3 is 0 Å². The van der Waals surface area contributed by atoms with E-state index in [1.54, 1.807) is 0 Å². The van der Waals surface area contributed by atoms with Crippen LogP contribution in [0.5, 0.6) is 0 Å². The molecule has 0 aromatic rings. The molecule has 8 heavy (non-hydrogen) atoms. The Bertz CT molecular complexity index is 96.6. The van der Waals surface area contributed by atoms with Gasteiger partial charge in [-0.1, -0.05) is 19.1 Å². The zero-order valence-corrected chi connectivity index (χ0v) is 5.41. The van der Waals surface area contributed by atoms with Gasteiger partial charge in [0.1, 0.15) is 0 Å². The summed E-state index contributed by atoms with van der Waals surface area (Å²) in [4.78, 5) is 0. The second kappa shape index (κ2) is 2.31. The molecule has 0 amide bonds. The van der Waals surface area contributed by atoms with Crippen molar-refractivity contribution in [2.24, 2.45) is 5.92 Å². The lowest BCUT2D eigenvalue weighted by Gasteiger charge is -2.20. The third-order valence-electron chi connectivity index (χ3n) is 1.50. The van der Waals surface area contributed by atoms with Crippen molar-refractivity contribution in [2.45, 2.75) is 13.3 Å². The van der Waals surface area contributed by atoms with Crippen molar-refractivity contribution in [1.29, 1.82) is 0 Å². The van der Waals surface area contributed by atoms with E-state index in [0.29, 0.717) is 0 Å². The van der Waals surface area contributed by atoms with Gasteiger partial charge in [0.15, 0.2) is 0 Å². The van der Waals surface area contributed by atoms with Crippen molar-refractivity contribution >= 4 is 0 Å². The zero-order chi connectivity index (χ0) is 5.98. The van der Waals surface area contributed by atoms with E-state index < -0.39 is 0 Å². The van der Waals surface area contributed by atoms with Gasteiger partial charge in [0.25, 0.3) is 0 Å². The highest BCUT2D eigenvalue weighted by Gasteiger charge is 2.08. The van der Waals surface area contributed by atoms with E-state index in [1.165, 1.54) is 18.5 Å². The molecule has 1 rings (SSSR count). The highest BCUT2D eigenvalue weighted by atomic mass is 14.9. The normalized spacial score (nSPS) is 30.6. The van der Waals surface area contributed by atoms with Crippen LogP contribution in [0.2, 0.25) is 0 Å². The average molecular weight is 111 g/mol. The summed E-state index contributed by atoms with van der Waals surface area (Å²) in [7, 11) is 0. The SMILES string of the molecule is C=C1CNC[C@H](C)C1. The Morgan fingerprint density at radius 1 is 1.75 bits per heavy atom. The second-order valence-corrected chi connectivity index (χ2v) is 2.69. The molecule has 0 aromatic heterocycles. The van der Waals surface area contributed by atoms with Crippen LogP contribution in [-0.2, 0) is 0 Å².